The molecule has 1 saturated heterocycles. The number of aryl methyl sites for hydroxylation is 1. The minimum atomic E-state index is -0.565. The number of nitrogens with two attached hydrogens (primary N) is 2. The fourth-order valence-electron chi connectivity index (χ4n) is 4.73. The van der Waals surface area contributed by atoms with Gasteiger partial charge in [-0.3, -0.25) is 4.79 Å². The maximum absolute atomic E-state index is 12.4. The van der Waals surface area contributed by atoms with E-state index in [1.165, 1.54) is 5.69 Å². The lowest BCUT2D eigenvalue weighted by atomic mass is 10.00. The van der Waals surface area contributed by atoms with Gasteiger partial charge in [-0.05, 0) is 61.5 Å². The summed E-state index contributed by atoms with van der Waals surface area (Å²) >= 11 is 6.29. The highest BCUT2D eigenvalue weighted by molar-refractivity contribution is 6.31. The van der Waals surface area contributed by atoms with Crippen LogP contribution in [0, 0.1) is 11.8 Å². The van der Waals surface area contributed by atoms with Crippen LogP contribution < -0.4 is 16.4 Å². The lowest BCUT2D eigenvalue weighted by molar-refractivity contribution is 0.100. The molecule has 8 nitrogen and oxygen atoms in total. The number of carbonyl (C=O) groups excluding carboxylic acids is 1. The highest BCUT2D eigenvalue weighted by Crippen LogP contribution is 2.33. The first-order valence-corrected chi connectivity index (χ1v) is 13.2. The van der Waals surface area contributed by atoms with Gasteiger partial charge in [0.1, 0.15) is 5.69 Å². The molecule has 0 atom stereocenters. The Morgan fingerprint density at radius 2 is 1.82 bits per heavy atom. The summed E-state index contributed by atoms with van der Waals surface area (Å²) in [4.78, 5) is 29.1. The van der Waals surface area contributed by atoms with Gasteiger partial charge in [0, 0.05) is 54.2 Å². The summed E-state index contributed by atoms with van der Waals surface area (Å²) in [5.41, 5.74) is 18.1. The van der Waals surface area contributed by atoms with E-state index < -0.39 is 5.91 Å². The maximum Gasteiger partial charge on any atom is 0.250 e. The number of aromatic nitrogens is 3. The Balaban J connectivity index is 1.50. The van der Waals surface area contributed by atoms with Crippen molar-refractivity contribution >= 4 is 29.1 Å². The van der Waals surface area contributed by atoms with Crippen LogP contribution >= 0.6 is 11.6 Å². The van der Waals surface area contributed by atoms with Crippen molar-refractivity contribution in [2.45, 2.75) is 13.3 Å². The van der Waals surface area contributed by atoms with Gasteiger partial charge in [0.05, 0.1) is 22.5 Å². The molecule has 0 radical (unpaired) electrons. The van der Waals surface area contributed by atoms with E-state index in [0.717, 1.165) is 49.3 Å². The maximum atomic E-state index is 12.4. The van der Waals surface area contributed by atoms with Crippen molar-refractivity contribution in [1.29, 1.82) is 0 Å². The predicted octanol–water partition coefficient (Wildman–Crippen LogP) is 4.19. The number of rotatable bonds is 5. The Morgan fingerprint density at radius 3 is 2.51 bits per heavy atom. The molecular formula is C30H30ClN7O. The molecule has 3 heterocycles. The van der Waals surface area contributed by atoms with Crippen molar-refractivity contribution in [1.82, 2.24) is 19.9 Å². The van der Waals surface area contributed by atoms with Crippen LogP contribution in [0.4, 0.5) is 11.6 Å². The summed E-state index contributed by atoms with van der Waals surface area (Å²) in [6.07, 6.45) is 2.34. The lowest BCUT2D eigenvalue weighted by Crippen LogP contribution is -2.44. The summed E-state index contributed by atoms with van der Waals surface area (Å²) in [5, 5.41) is 0.560. The molecule has 0 unspecified atom stereocenters. The van der Waals surface area contributed by atoms with Crippen LogP contribution in [0.5, 0.6) is 0 Å². The number of likely N-dealkylation sites (N-methyl/N-ethyl adjacent to an activating group) is 1. The Bertz CT molecular complexity index is 1580. The van der Waals surface area contributed by atoms with Crippen molar-refractivity contribution in [3.05, 3.63) is 82.0 Å². The number of carbonyl (C=O) groups is 1. The number of hydrogen-bond acceptors (Lipinski definition) is 6. The van der Waals surface area contributed by atoms with Gasteiger partial charge >= 0.3 is 0 Å². The first kappa shape index (κ1) is 26.3. The van der Waals surface area contributed by atoms with Crippen LogP contribution in [0.3, 0.4) is 0 Å². The molecule has 0 bridgehead atoms. The molecule has 1 aliphatic rings. The quantitative estimate of drug-likeness (QED) is 0.327. The van der Waals surface area contributed by atoms with Gasteiger partial charge in [-0.2, -0.15) is 0 Å². The fraction of sp³-hybridized carbons (Fsp3) is 0.233. The standard InChI is InChI=1S/C30H30ClN7O/c1-3-20-8-9-22(31)16-24(20)28-25(29(32)39)17-26(35-28)27-21(18-34-30(33)36-27)7-4-19-5-10-23(11-6-19)38-14-12-37(2)13-15-38/h5-6,8-11,16-18,35H,3,12-15H2,1-2H3,(H2,32,39)(H2,33,34,36). The van der Waals surface area contributed by atoms with E-state index in [1.54, 1.807) is 12.3 Å². The van der Waals surface area contributed by atoms with E-state index in [4.69, 9.17) is 23.1 Å². The van der Waals surface area contributed by atoms with Crippen molar-refractivity contribution in [3.63, 3.8) is 0 Å². The number of anilines is 2. The molecule has 1 amide bonds. The van der Waals surface area contributed by atoms with Crippen molar-refractivity contribution in [2.75, 3.05) is 43.9 Å². The summed E-state index contributed by atoms with van der Waals surface area (Å²) in [5.74, 6) is 5.92. The van der Waals surface area contributed by atoms with Gasteiger partial charge in [-0.25, -0.2) is 9.97 Å². The summed E-state index contributed by atoms with van der Waals surface area (Å²) in [6.45, 7) is 6.16. The molecule has 4 aromatic rings. The van der Waals surface area contributed by atoms with E-state index in [0.29, 0.717) is 33.2 Å². The van der Waals surface area contributed by atoms with Crippen LogP contribution in [-0.4, -0.2) is 59.0 Å². The first-order chi connectivity index (χ1) is 18.8. The van der Waals surface area contributed by atoms with E-state index in [1.807, 2.05) is 37.3 Å². The number of piperazine rings is 1. The average molecular weight is 540 g/mol. The van der Waals surface area contributed by atoms with Gasteiger partial charge in [0.15, 0.2) is 0 Å². The second-order valence-electron chi connectivity index (χ2n) is 9.57. The first-order valence-electron chi connectivity index (χ1n) is 12.8. The number of hydrogen-bond donors (Lipinski definition) is 3. The van der Waals surface area contributed by atoms with Crippen molar-refractivity contribution < 1.29 is 4.79 Å². The molecule has 0 aliphatic carbocycles. The minimum absolute atomic E-state index is 0.0980. The molecule has 2 aromatic heterocycles. The zero-order valence-electron chi connectivity index (χ0n) is 22.0. The number of H-pyrrole nitrogens is 1. The molecule has 5 N–H and O–H groups in total. The van der Waals surface area contributed by atoms with Gasteiger partial charge < -0.3 is 26.3 Å². The normalized spacial score (nSPS) is 13.7. The predicted molar refractivity (Wildman–Crippen MR) is 157 cm³/mol. The van der Waals surface area contributed by atoms with Gasteiger partial charge in [-0.1, -0.05) is 36.4 Å². The van der Waals surface area contributed by atoms with Crippen LogP contribution in [0.25, 0.3) is 22.6 Å². The smallest absolute Gasteiger partial charge is 0.250 e. The van der Waals surface area contributed by atoms with Crippen LogP contribution in [0.2, 0.25) is 5.02 Å². The fourth-order valence-corrected chi connectivity index (χ4v) is 4.90. The number of aromatic amines is 1. The molecule has 39 heavy (non-hydrogen) atoms. The van der Waals surface area contributed by atoms with Crippen LogP contribution in [-0.2, 0) is 6.42 Å². The van der Waals surface area contributed by atoms with Gasteiger partial charge in [-0.15, -0.1) is 0 Å². The Morgan fingerprint density at radius 1 is 1.08 bits per heavy atom. The average Bonchev–Trinajstić information content (AvgIpc) is 3.39. The van der Waals surface area contributed by atoms with E-state index in [-0.39, 0.29) is 5.95 Å². The number of amides is 1. The summed E-state index contributed by atoms with van der Waals surface area (Å²) < 4.78 is 0. The molecule has 9 heteroatoms. The van der Waals surface area contributed by atoms with Gasteiger partial charge in [0.25, 0.3) is 5.91 Å². The third-order valence-electron chi connectivity index (χ3n) is 6.95. The number of nitrogen functional groups attached to an aromatic ring is 1. The third kappa shape index (κ3) is 5.75. The lowest BCUT2D eigenvalue weighted by Gasteiger charge is -2.34. The summed E-state index contributed by atoms with van der Waals surface area (Å²) in [7, 11) is 2.15. The zero-order valence-corrected chi connectivity index (χ0v) is 22.7. The number of nitrogens with zero attached hydrogens (tertiary/aromatic N) is 4. The SMILES string of the molecule is CCc1ccc(Cl)cc1-c1[nH]c(-c2nc(N)ncc2C#Cc2ccc(N3CCN(C)CC3)cc2)cc1C(N)=O. The van der Waals surface area contributed by atoms with Crippen LogP contribution in [0.1, 0.15) is 34.0 Å². The van der Waals surface area contributed by atoms with Crippen molar-refractivity contribution in [3.8, 4) is 34.5 Å². The monoisotopic (exact) mass is 539 g/mol. The highest BCUT2D eigenvalue weighted by atomic mass is 35.5. The number of benzene rings is 2. The van der Waals surface area contributed by atoms with Crippen LogP contribution in [0.15, 0.2) is 54.7 Å². The molecule has 2 aromatic carbocycles. The Labute approximate surface area is 233 Å². The number of primary amides is 1. The molecule has 0 saturated carbocycles. The van der Waals surface area contributed by atoms with E-state index >= 15 is 0 Å². The van der Waals surface area contributed by atoms with Crippen molar-refractivity contribution in [2.24, 2.45) is 5.73 Å². The topological polar surface area (TPSA) is 117 Å². The second-order valence-corrected chi connectivity index (χ2v) is 10.0. The largest absolute Gasteiger partial charge is 0.369 e. The van der Waals surface area contributed by atoms with Gasteiger partial charge in [0.2, 0.25) is 5.95 Å². The Kier molecular flexibility index (Phi) is 7.55. The minimum Gasteiger partial charge on any atom is -0.369 e. The van der Waals surface area contributed by atoms with E-state index in [2.05, 4.69) is 55.8 Å². The molecule has 0 spiro atoms. The Hall–Kier alpha value is -4.32. The summed E-state index contributed by atoms with van der Waals surface area (Å²) in [6, 6.07) is 15.5. The molecule has 1 fully saturated rings. The molecule has 1 aliphatic heterocycles. The highest BCUT2D eigenvalue weighted by Gasteiger charge is 2.20. The number of halogens is 1. The molecular weight excluding hydrogens is 510 g/mol. The second kappa shape index (κ2) is 11.2. The molecule has 5 rings (SSSR count). The van der Waals surface area contributed by atoms with E-state index in [9.17, 15) is 4.79 Å². The molecule has 198 valence electrons. The zero-order chi connectivity index (χ0) is 27.5. The third-order valence-corrected chi connectivity index (χ3v) is 7.18. The number of nitrogens with one attached hydrogen (secondary N) is 1.